The van der Waals surface area contributed by atoms with Gasteiger partial charge in [-0.1, -0.05) is 27.7 Å². The summed E-state index contributed by atoms with van der Waals surface area (Å²) in [5.41, 5.74) is 1.51. The third kappa shape index (κ3) is 2.29. The fourth-order valence-corrected chi connectivity index (χ4v) is 6.89. The number of ether oxygens (including phenoxy) is 2. The monoisotopic (exact) mass is 372 g/mol. The van der Waals surface area contributed by atoms with Crippen molar-refractivity contribution in [3.05, 3.63) is 22.7 Å². The Morgan fingerprint density at radius 3 is 2.37 bits per heavy atom. The van der Waals surface area contributed by atoms with E-state index < -0.39 is 5.41 Å². The predicted octanol–water partition coefficient (Wildman–Crippen LogP) is 5.66. The van der Waals surface area contributed by atoms with E-state index in [4.69, 9.17) is 9.47 Å². The fourth-order valence-electron chi connectivity index (χ4n) is 6.89. The lowest BCUT2D eigenvalue weighted by Crippen LogP contribution is -2.64. The molecule has 0 saturated heterocycles. The Morgan fingerprint density at radius 2 is 1.85 bits per heavy atom. The van der Waals surface area contributed by atoms with Gasteiger partial charge in [-0.3, -0.25) is 4.79 Å². The van der Waals surface area contributed by atoms with E-state index in [1.54, 1.807) is 7.11 Å². The number of allylic oxidation sites excluding steroid dienone is 2. The lowest BCUT2D eigenvalue weighted by Gasteiger charge is -2.67. The van der Waals surface area contributed by atoms with Gasteiger partial charge in [-0.2, -0.15) is 0 Å². The minimum atomic E-state index is -0.395. The van der Waals surface area contributed by atoms with Gasteiger partial charge in [0.25, 0.3) is 0 Å². The zero-order chi connectivity index (χ0) is 19.9. The van der Waals surface area contributed by atoms with Gasteiger partial charge in [0.2, 0.25) is 0 Å². The summed E-state index contributed by atoms with van der Waals surface area (Å²) in [6.07, 6.45) is 4.64. The van der Waals surface area contributed by atoms with Crippen LogP contribution in [0.2, 0.25) is 0 Å². The van der Waals surface area contributed by atoms with Crippen molar-refractivity contribution in [2.75, 3.05) is 7.11 Å². The van der Waals surface area contributed by atoms with Crippen molar-refractivity contribution in [3.63, 3.8) is 0 Å². The smallest absolute Gasteiger partial charge is 0.191 e. The molecule has 4 aliphatic carbocycles. The average Bonchev–Trinajstić information content (AvgIpc) is 2.59. The van der Waals surface area contributed by atoms with Crippen LogP contribution < -0.4 is 0 Å². The minimum absolute atomic E-state index is 0.117. The standard InChI is InChI=1S/C24H36O3/c1-13(2)16-12-24(10-9-15-11-17(24)22(15,4)5)27-21-18(16)19(25)14(3)20(26-8)23(21,6)7/h13,15-17H,9-12H2,1-8H3/t15-,16-,17-,24-/m1/s1. The Kier molecular flexibility index (Phi) is 3.99. The van der Waals surface area contributed by atoms with Crippen molar-refractivity contribution in [1.82, 2.24) is 0 Å². The summed E-state index contributed by atoms with van der Waals surface area (Å²) in [6, 6.07) is 0. The molecule has 27 heavy (non-hydrogen) atoms. The lowest BCUT2D eigenvalue weighted by molar-refractivity contribution is -0.230. The second-order valence-electron chi connectivity index (χ2n) is 10.9. The van der Waals surface area contributed by atoms with Crippen LogP contribution in [0, 0.1) is 34.5 Å². The molecule has 3 heteroatoms. The van der Waals surface area contributed by atoms with E-state index in [0.29, 0.717) is 17.3 Å². The first kappa shape index (κ1) is 19.1. The van der Waals surface area contributed by atoms with Crippen molar-refractivity contribution in [2.24, 2.45) is 34.5 Å². The highest BCUT2D eigenvalue weighted by molar-refractivity contribution is 6.10. The van der Waals surface area contributed by atoms with Gasteiger partial charge >= 0.3 is 0 Å². The molecule has 0 radical (unpaired) electrons. The molecule has 3 saturated carbocycles. The van der Waals surface area contributed by atoms with Crippen molar-refractivity contribution in [3.8, 4) is 0 Å². The maximum Gasteiger partial charge on any atom is 0.191 e. The van der Waals surface area contributed by atoms with Crippen LogP contribution in [0.1, 0.15) is 74.1 Å². The summed E-state index contributed by atoms with van der Waals surface area (Å²) in [7, 11) is 1.68. The molecule has 0 amide bonds. The van der Waals surface area contributed by atoms with E-state index >= 15 is 0 Å². The van der Waals surface area contributed by atoms with Crippen LogP contribution in [-0.2, 0) is 14.3 Å². The Hall–Kier alpha value is -1.25. The summed E-state index contributed by atoms with van der Waals surface area (Å²) in [6.45, 7) is 15.6. The first-order valence-corrected chi connectivity index (χ1v) is 10.7. The first-order chi connectivity index (χ1) is 12.5. The van der Waals surface area contributed by atoms with Crippen LogP contribution in [0.25, 0.3) is 0 Å². The molecule has 4 atom stereocenters. The van der Waals surface area contributed by atoms with E-state index in [1.807, 2.05) is 6.92 Å². The van der Waals surface area contributed by atoms with Gasteiger partial charge in [-0.25, -0.2) is 0 Å². The van der Waals surface area contributed by atoms with Crippen LogP contribution >= 0.6 is 0 Å². The Morgan fingerprint density at radius 1 is 1.19 bits per heavy atom. The predicted molar refractivity (Wildman–Crippen MR) is 107 cm³/mol. The lowest BCUT2D eigenvalue weighted by atomic mass is 9.42. The molecule has 5 rings (SSSR count). The molecule has 150 valence electrons. The molecule has 1 heterocycles. The number of fused-ring (bicyclic) bond motifs is 1. The summed E-state index contributed by atoms with van der Waals surface area (Å²) < 4.78 is 12.7. The topological polar surface area (TPSA) is 35.5 Å². The maximum absolute atomic E-state index is 13.3. The van der Waals surface area contributed by atoms with Crippen LogP contribution in [0.4, 0.5) is 0 Å². The molecule has 3 fully saturated rings. The largest absolute Gasteiger partial charge is 0.500 e. The third-order valence-electron chi connectivity index (χ3n) is 8.58. The third-order valence-corrected chi connectivity index (χ3v) is 8.58. The molecule has 1 aliphatic heterocycles. The van der Waals surface area contributed by atoms with Gasteiger partial charge in [0, 0.05) is 17.1 Å². The molecule has 2 bridgehead atoms. The molecule has 0 unspecified atom stereocenters. The van der Waals surface area contributed by atoms with Crippen molar-refractivity contribution >= 4 is 5.78 Å². The van der Waals surface area contributed by atoms with E-state index in [2.05, 4.69) is 41.5 Å². The molecule has 0 aromatic carbocycles. The molecule has 5 aliphatic rings. The van der Waals surface area contributed by atoms with E-state index in [0.717, 1.165) is 41.4 Å². The van der Waals surface area contributed by atoms with Gasteiger partial charge in [0.15, 0.2) is 5.78 Å². The van der Waals surface area contributed by atoms with Crippen molar-refractivity contribution in [1.29, 1.82) is 0 Å². The summed E-state index contributed by atoms with van der Waals surface area (Å²) in [5, 5.41) is 0. The highest BCUT2D eigenvalue weighted by Crippen LogP contribution is 2.68. The number of hydrogen-bond acceptors (Lipinski definition) is 3. The zero-order valence-corrected chi connectivity index (χ0v) is 18.4. The molecular formula is C24H36O3. The van der Waals surface area contributed by atoms with Gasteiger partial charge in [-0.15, -0.1) is 0 Å². The van der Waals surface area contributed by atoms with Crippen molar-refractivity contribution < 1.29 is 14.3 Å². The van der Waals surface area contributed by atoms with Crippen molar-refractivity contribution in [2.45, 2.75) is 79.8 Å². The number of ketones is 1. The first-order valence-electron chi connectivity index (χ1n) is 10.7. The highest BCUT2D eigenvalue weighted by atomic mass is 16.5. The molecule has 0 aromatic rings. The van der Waals surface area contributed by atoms with Crippen LogP contribution in [0.5, 0.6) is 0 Å². The Labute approximate surface area is 164 Å². The second-order valence-corrected chi connectivity index (χ2v) is 10.9. The fraction of sp³-hybridized carbons (Fsp3) is 0.792. The number of carbonyl (C=O) groups is 1. The highest BCUT2D eigenvalue weighted by Gasteiger charge is 2.65. The van der Waals surface area contributed by atoms with Crippen LogP contribution in [0.3, 0.4) is 0 Å². The number of methoxy groups -OCH3 is 1. The molecule has 1 spiro atoms. The number of carbonyl (C=O) groups excluding carboxylic acids is 1. The molecular weight excluding hydrogens is 336 g/mol. The zero-order valence-electron chi connectivity index (χ0n) is 18.4. The van der Waals surface area contributed by atoms with E-state index in [1.165, 1.54) is 12.8 Å². The minimum Gasteiger partial charge on any atom is -0.500 e. The Bertz CT molecular complexity index is 750. The summed E-state index contributed by atoms with van der Waals surface area (Å²) in [5.74, 6) is 3.92. The van der Waals surface area contributed by atoms with Gasteiger partial charge in [0.1, 0.15) is 17.1 Å². The Balaban J connectivity index is 1.86. The molecule has 0 N–H and O–H groups in total. The summed E-state index contributed by atoms with van der Waals surface area (Å²) >= 11 is 0. The molecule has 0 aromatic heterocycles. The maximum atomic E-state index is 13.3. The van der Waals surface area contributed by atoms with E-state index in [9.17, 15) is 4.79 Å². The number of rotatable bonds is 2. The number of Topliss-reactive ketones (excluding diaryl/α,β-unsaturated/α-hetero) is 1. The molecule has 3 nitrogen and oxygen atoms in total. The van der Waals surface area contributed by atoms with Crippen LogP contribution in [0.15, 0.2) is 22.7 Å². The van der Waals surface area contributed by atoms with Gasteiger partial charge in [-0.05, 0) is 69.6 Å². The second kappa shape index (κ2) is 5.64. The van der Waals surface area contributed by atoms with Gasteiger partial charge < -0.3 is 9.47 Å². The van der Waals surface area contributed by atoms with E-state index in [-0.39, 0.29) is 17.3 Å². The normalized spacial score (nSPS) is 39.3. The quantitative estimate of drug-likeness (QED) is 0.627. The van der Waals surface area contributed by atoms with Crippen LogP contribution in [-0.4, -0.2) is 18.5 Å². The van der Waals surface area contributed by atoms with Gasteiger partial charge in [0.05, 0.1) is 12.5 Å². The number of hydrogen-bond donors (Lipinski definition) is 0. The summed E-state index contributed by atoms with van der Waals surface area (Å²) in [4.78, 5) is 13.3. The average molecular weight is 373 g/mol. The SMILES string of the molecule is COC1=C(C)C(=O)C2=C(O[C@]3(CC[C@@H]4C[C@@H]3C4(C)C)C[C@@H]2C(C)C)C1(C)C.